The maximum Gasteiger partial charge on any atom is 0.303 e. The first-order valence-electron chi connectivity index (χ1n) is 20.4. The molecule has 4 aliphatic rings. The summed E-state index contributed by atoms with van der Waals surface area (Å²) in [5.41, 5.74) is 6.27. The largest absolute Gasteiger partial charge is 0.463 e. The van der Waals surface area contributed by atoms with Crippen LogP contribution >= 0.6 is 0 Å². The number of fused-ring (bicyclic) bond motifs is 2. The third kappa shape index (κ3) is 8.05. The predicted molar refractivity (Wildman–Crippen MR) is 211 cm³/mol. The number of carbonyl (C=O) groups excluding carboxylic acids is 4. The standard InChI is InChI=1S/C46H54O12/c1-9-38-25(2)26(3)44(54-31(8)50)46(55-38)21-19-37-23-35(15-17-40(37)57-46)33-12-10-32(11-13-33)34-14-16-39-36(22-34)18-20-45(56-39)27(4)42(52-29(6)48)43(53-30(7)49)41(58-45)24-51-28(5)47/h10-17,22-23,25-27,38,41-44H,9,18-21,24H2,1-8H3/t25-,26-,27-,38+,41+,42+,43+,44-,45-,46+/m0/s1. The van der Waals surface area contributed by atoms with Crippen LogP contribution in [0.4, 0.5) is 0 Å². The van der Waals surface area contributed by atoms with Gasteiger partial charge in [0, 0.05) is 46.5 Å². The zero-order valence-corrected chi connectivity index (χ0v) is 34.5. The van der Waals surface area contributed by atoms with E-state index in [1.807, 2.05) is 25.1 Å². The molecule has 0 amide bonds. The van der Waals surface area contributed by atoms with Gasteiger partial charge in [0.15, 0.2) is 18.3 Å². The Balaban J connectivity index is 1.08. The van der Waals surface area contributed by atoms with Crippen LogP contribution in [-0.2, 0) is 60.4 Å². The first kappa shape index (κ1) is 41.2. The summed E-state index contributed by atoms with van der Waals surface area (Å²) in [6.07, 6.45) is -0.164. The second-order valence-electron chi connectivity index (χ2n) is 16.3. The van der Waals surface area contributed by atoms with Crippen molar-refractivity contribution in [2.24, 2.45) is 17.8 Å². The summed E-state index contributed by atoms with van der Waals surface area (Å²) in [6.45, 7) is 13.3. The molecule has 0 saturated carbocycles. The van der Waals surface area contributed by atoms with Gasteiger partial charge in [-0.15, -0.1) is 0 Å². The number of ether oxygens (including phenoxy) is 8. The van der Waals surface area contributed by atoms with Gasteiger partial charge in [0.2, 0.25) is 11.6 Å². The van der Waals surface area contributed by atoms with Crippen LogP contribution in [0, 0.1) is 17.8 Å². The molecule has 12 nitrogen and oxygen atoms in total. The van der Waals surface area contributed by atoms with E-state index in [2.05, 4.69) is 63.2 Å². The van der Waals surface area contributed by atoms with Gasteiger partial charge >= 0.3 is 23.9 Å². The summed E-state index contributed by atoms with van der Waals surface area (Å²) < 4.78 is 49.0. The zero-order valence-electron chi connectivity index (χ0n) is 34.5. The van der Waals surface area contributed by atoms with Crippen LogP contribution in [0.15, 0.2) is 60.7 Å². The molecule has 0 aromatic heterocycles. The lowest BCUT2D eigenvalue weighted by atomic mass is 9.76. The van der Waals surface area contributed by atoms with E-state index in [1.165, 1.54) is 27.7 Å². The van der Waals surface area contributed by atoms with Crippen LogP contribution in [0.3, 0.4) is 0 Å². The minimum Gasteiger partial charge on any atom is -0.463 e. The monoisotopic (exact) mass is 798 g/mol. The topological polar surface area (TPSA) is 142 Å². The summed E-state index contributed by atoms with van der Waals surface area (Å²) >= 11 is 0. The Hall–Kier alpha value is -4.94. The first-order valence-corrected chi connectivity index (χ1v) is 20.4. The fourth-order valence-corrected chi connectivity index (χ4v) is 9.22. The third-order valence-corrected chi connectivity index (χ3v) is 12.4. The Labute approximate surface area is 339 Å². The van der Waals surface area contributed by atoms with Crippen molar-refractivity contribution in [2.45, 2.75) is 130 Å². The second-order valence-corrected chi connectivity index (χ2v) is 16.3. The van der Waals surface area contributed by atoms with Gasteiger partial charge in [-0.1, -0.05) is 64.1 Å². The highest BCUT2D eigenvalue weighted by atomic mass is 16.7. The maximum atomic E-state index is 12.2. The van der Waals surface area contributed by atoms with E-state index in [-0.39, 0.29) is 30.5 Å². The molecule has 2 saturated heterocycles. The highest BCUT2D eigenvalue weighted by molar-refractivity contribution is 5.73. The van der Waals surface area contributed by atoms with E-state index in [1.54, 1.807) is 0 Å². The van der Waals surface area contributed by atoms with Gasteiger partial charge in [0.1, 0.15) is 24.2 Å². The molecule has 4 heterocycles. The number of hydrogen-bond donors (Lipinski definition) is 0. The molecule has 10 atom stereocenters. The fraction of sp³-hybridized carbons (Fsp3) is 0.522. The van der Waals surface area contributed by atoms with Crippen LogP contribution in [0.5, 0.6) is 11.5 Å². The summed E-state index contributed by atoms with van der Waals surface area (Å²) in [5, 5.41) is 0. The van der Waals surface area contributed by atoms with Crippen LogP contribution in [-0.4, -0.2) is 72.6 Å². The van der Waals surface area contributed by atoms with E-state index in [9.17, 15) is 19.2 Å². The maximum absolute atomic E-state index is 12.2. The smallest absolute Gasteiger partial charge is 0.303 e. The van der Waals surface area contributed by atoms with Crippen molar-refractivity contribution in [3.05, 3.63) is 71.8 Å². The highest BCUT2D eigenvalue weighted by Gasteiger charge is 2.59. The molecule has 2 spiro atoms. The Morgan fingerprint density at radius 2 is 1.09 bits per heavy atom. The minimum atomic E-state index is -1.24. The number of aryl methyl sites for hydroxylation is 2. The van der Waals surface area contributed by atoms with Crippen molar-refractivity contribution in [1.82, 2.24) is 0 Å². The van der Waals surface area contributed by atoms with Gasteiger partial charge < -0.3 is 37.9 Å². The average molecular weight is 799 g/mol. The Bertz CT molecular complexity index is 2040. The van der Waals surface area contributed by atoms with Crippen LogP contribution < -0.4 is 9.47 Å². The molecule has 0 radical (unpaired) electrons. The molecule has 3 aromatic carbocycles. The number of esters is 4. The van der Waals surface area contributed by atoms with Crippen LogP contribution in [0.25, 0.3) is 22.3 Å². The van der Waals surface area contributed by atoms with Crippen molar-refractivity contribution < 1.29 is 57.1 Å². The van der Waals surface area contributed by atoms with Crippen molar-refractivity contribution in [1.29, 1.82) is 0 Å². The van der Waals surface area contributed by atoms with E-state index < -0.39 is 59.8 Å². The van der Waals surface area contributed by atoms with Crippen molar-refractivity contribution in [3.63, 3.8) is 0 Å². The quantitative estimate of drug-likeness (QED) is 0.164. The lowest BCUT2D eigenvalue weighted by molar-refractivity contribution is -0.327. The van der Waals surface area contributed by atoms with Crippen molar-refractivity contribution >= 4 is 23.9 Å². The van der Waals surface area contributed by atoms with E-state index in [4.69, 9.17) is 37.9 Å². The van der Waals surface area contributed by atoms with Crippen LogP contribution in [0.1, 0.15) is 85.8 Å². The van der Waals surface area contributed by atoms with E-state index >= 15 is 0 Å². The Morgan fingerprint density at radius 3 is 1.60 bits per heavy atom. The van der Waals surface area contributed by atoms with E-state index in [0.29, 0.717) is 25.0 Å². The second kappa shape index (κ2) is 16.4. The van der Waals surface area contributed by atoms with Gasteiger partial charge in [0.05, 0.1) is 12.0 Å². The van der Waals surface area contributed by atoms with Gasteiger partial charge in [-0.3, -0.25) is 19.2 Å². The molecular weight excluding hydrogens is 744 g/mol. The SMILES string of the molecule is CC[C@H]1O[C@@]2(CCc3cc(-c4ccc(-c5ccc6c(c5)CC[C@]5(O6)O[C@H](COC(C)=O)[C@@H](OC(C)=O)[C@H](OC(C)=O)[C@@H]5C)cc4)ccc3O2)[C@@H](OC(C)=O)[C@@H](C)[C@@H]1C. The third-order valence-electron chi connectivity index (χ3n) is 12.4. The number of rotatable bonds is 8. The molecular formula is C46H54O12. The Morgan fingerprint density at radius 1 is 0.603 bits per heavy atom. The molecule has 0 N–H and O–H groups in total. The molecule has 0 bridgehead atoms. The molecule has 7 rings (SSSR count). The molecule has 12 heteroatoms. The summed E-state index contributed by atoms with van der Waals surface area (Å²) in [6, 6.07) is 20.7. The van der Waals surface area contributed by atoms with Crippen LogP contribution in [0.2, 0.25) is 0 Å². The molecule has 0 aliphatic carbocycles. The van der Waals surface area contributed by atoms with Crippen molar-refractivity contribution in [2.75, 3.05) is 6.61 Å². The molecule has 3 aromatic rings. The summed E-state index contributed by atoms with van der Waals surface area (Å²) in [7, 11) is 0. The predicted octanol–water partition coefficient (Wildman–Crippen LogP) is 7.54. The molecule has 58 heavy (non-hydrogen) atoms. The molecule has 2 fully saturated rings. The highest BCUT2D eigenvalue weighted by Crippen LogP contribution is 2.49. The zero-order chi connectivity index (χ0) is 41.5. The minimum absolute atomic E-state index is 0.00664. The van der Waals surface area contributed by atoms with Gasteiger partial charge in [-0.2, -0.15) is 0 Å². The summed E-state index contributed by atoms with van der Waals surface area (Å²) in [4.78, 5) is 48.3. The average Bonchev–Trinajstić information content (AvgIpc) is 3.19. The van der Waals surface area contributed by atoms with Crippen molar-refractivity contribution in [3.8, 4) is 33.8 Å². The number of carbonyl (C=O) groups is 4. The van der Waals surface area contributed by atoms with E-state index in [0.717, 1.165) is 52.0 Å². The molecule has 0 unspecified atom stereocenters. The fourth-order valence-electron chi connectivity index (χ4n) is 9.22. The lowest BCUT2D eigenvalue weighted by Gasteiger charge is -2.52. The molecule has 310 valence electrons. The number of hydrogen-bond acceptors (Lipinski definition) is 12. The summed E-state index contributed by atoms with van der Waals surface area (Å²) in [5.74, 6) is -3.11. The number of benzene rings is 3. The normalized spacial score (nSPS) is 31.2. The Kier molecular flexibility index (Phi) is 11.6. The van der Waals surface area contributed by atoms with Gasteiger partial charge in [-0.25, -0.2) is 0 Å². The lowest BCUT2D eigenvalue weighted by Crippen LogP contribution is -2.66. The van der Waals surface area contributed by atoms with Gasteiger partial charge in [-0.05, 0) is 82.8 Å². The molecule has 4 aliphatic heterocycles. The van der Waals surface area contributed by atoms with Gasteiger partial charge in [0.25, 0.3) is 0 Å². The first-order chi connectivity index (χ1) is 27.6.